The summed E-state index contributed by atoms with van der Waals surface area (Å²) in [5.74, 6) is 0.914. The topological polar surface area (TPSA) is 38.5 Å². The van der Waals surface area contributed by atoms with Crippen LogP contribution in [0.5, 0.6) is 5.75 Å². The molecule has 3 nitrogen and oxygen atoms in total. The number of hydrogen-bond donors (Lipinski definition) is 1. The second kappa shape index (κ2) is 8.22. The molecule has 1 atom stereocenters. The van der Waals surface area contributed by atoms with E-state index in [0.717, 1.165) is 37.4 Å². The molecule has 0 amide bonds. The van der Waals surface area contributed by atoms with Crippen molar-refractivity contribution in [1.82, 2.24) is 4.90 Å². The van der Waals surface area contributed by atoms with Gasteiger partial charge in [-0.15, -0.1) is 12.4 Å². The third kappa shape index (κ3) is 4.55. The van der Waals surface area contributed by atoms with Gasteiger partial charge in [0.1, 0.15) is 5.75 Å². The number of likely N-dealkylation sites (tertiary alicyclic amines) is 1. The first-order valence-electron chi connectivity index (χ1n) is 8.70. The highest BCUT2D eigenvalue weighted by molar-refractivity contribution is 5.85. The summed E-state index contributed by atoms with van der Waals surface area (Å²) < 4.78 is 5.46. The molecule has 136 valence electrons. The monoisotopic (exact) mass is 360 g/mol. The van der Waals surface area contributed by atoms with E-state index >= 15 is 0 Å². The fourth-order valence-corrected chi connectivity index (χ4v) is 3.55. The van der Waals surface area contributed by atoms with Crippen LogP contribution in [0.1, 0.15) is 25.8 Å². The zero-order chi connectivity index (χ0) is 17.2. The second-order valence-electron chi connectivity index (χ2n) is 7.49. The molecule has 4 heteroatoms. The highest BCUT2D eigenvalue weighted by atomic mass is 35.5. The average molecular weight is 361 g/mol. The molecule has 3 rings (SSSR count). The molecule has 0 radical (unpaired) electrons. The Morgan fingerprint density at radius 3 is 2.44 bits per heavy atom. The van der Waals surface area contributed by atoms with Gasteiger partial charge < -0.3 is 10.5 Å². The Kier molecular flexibility index (Phi) is 6.50. The van der Waals surface area contributed by atoms with Crippen LogP contribution in [0, 0.1) is 5.41 Å². The Morgan fingerprint density at radius 2 is 1.80 bits per heavy atom. The van der Waals surface area contributed by atoms with Crippen molar-refractivity contribution < 1.29 is 4.74 Å². The van der Waals surface area contributed by atoms with Crippen LogP contribution in [0.15, 0.2) is 48.5 Å². The van der Waals surface area contributed by atoms with E-state index in [0.29, 0.717) is 6.04 Å². The standard InChI is InChI=1S/C21H28N2O.ClH/c1-21(2)15-23(13-12-20(21)22)14-16-8-10-17(11-9-16)18-6-4-5-7-19(18)24-3;/h4-11,20H,12-15,22H2,1-3H3;1H. The van der Waals surface area contributed by atoms with Gasteiger partial charge in [0.05, 0.1) is 7.11 Å². The minimum Gasteiger partial charge on any atom is -0.496 e. The predicted octanol–water partition coefficient (Wildman–Crippen LogP) is 4.34. The van der Waals surface area contributed by atoms with Crippen LogP contribution in [-0.2, 0) is 6.54 Å². The average Bonchev–Trinajstić information content (AvgIpc) is 2.58. The minimum atomic E-state index is 0. The molecule has 0 aliphatic carbocycles. The van der Waals surface area contributed by atoms with Gasteiger partial charge in [-0.1, -0.05) is 56.3 Å². The second-order valence-corrected chi connectivity index (χ2v) is 7.49. The third-order valence-electron chi connectivity index (χ3n) is 5.17. The lowest BCUT2D eigenvalue weighted by atomic mass is 9.79. The van der Waals surface area contributed by atoms with Gasteiger partial charge >= 0.3 is 0 Å². The summed E-state index contributed by atoms with van der Waals surface area (Å²) in [4.78, 5) is 2.52. The summed E-state index contributed by atoms with van der Waals surface area (Å²) in [5, 5.41) is 0. The molecule has 1 fully saturated rings. The quantitative estimate of drug-likeness (QED) is 0.881. The molecule has 0 spiro atoms. The van der Waals surface area contributed by atoms with Gasteiger partial charge in [0, 0.05) is 31.2 Å². The molecule has 1 heterocycles. The van der Waals surface area contributed by atoms with Crippen LogP contribution in [0.2, 0.25) is 0 Å². The first-order valence-corrected chi connectivity index (χ1v) is 8.70. The summed E-state index contributed by atoms with van der Waals surface area (Å²) in [6, 6.07) is 17.3. The van der Waals surface area contributed by atoms with Gasteiger partial charge in [-0.3, -0.25) is 4.90 Å². The lowest BCUT2D eigenvalue weighted by Gasteiger charge is -2.42. The Hall–Kier alpha value is -1.55. The molecule has 0 saturated carbocycles. The van der Waals surface area contributed by atoms with Crippen molar-refractivity contribution >= 4 is 12.4 Å². The van der Waals surface area contributed by atoms with Gasteiger partial charge in [-0.2, -0.15) is 0 Å². The van der Waals surface area contributed by atoms with Gasteiger partial charge in [-0.05, 0) is 29.0 Å². The van der Waals surface area contributed by atoms with Gasteiger partial charge in [0.15, 0.2) is 0 Å². The van der Waals surface area contributed by atoms with Crippen LogP contribution >= 0.6 is 12.4 Å². The number of para-hydroxylation sites is 1. The van der Waals surface area contributed by atoms with Gasteiger partial charge in [-0.25, -0.2) is 0 Å². The summed E-state index contributed by atoms with van der Waals surface area (Å²) in [7, 11) is 1.72. The smallest absolute Gasteiger partial charge is 0.126 e. The molecule has 0 bridgehead atoms. The molecule has 1 unspecified atom stereocenters. The van der Waals surface area contributed by atoms with Crippen LogP contribution in [0.3, 0.4) is 0 Å². The van der Waals surface area contributed by atoms with E-state index in [4.69, 9.17) is 10.5 Å². The zero-order valence-electron chi connectivity index (χ0n) is 15.4. The maximum absolute atomic E-state index is 6.24. The van der Waals surface area contributed by atoms with Crippen LogP contribution in [0.25, 0.3) is 11.1 Å². The van der Waals surface area contributed by atoms with Crippen LogP contribution in [-0.4, -0.2) is 31.1 Å². The normalized spacial score (nSPS) is 19.9. The van der Waals surface area contributed by atoms with Crippen LogP contribution < -0.4 is 10.5 Å². The number of piperidine rings is 1. The molecule has 2 N–H and O–H groups in total. The van der Waals surface area contributed by atoms with E-state index in [9.17, 15) is 0 Å². The summed E-state index contributed by atoms with van der Waals surface area (Å²) >= 11 is 0. The largest absolute Gasteiger partial charge is 0.496 e. The van der Waals surface area contributed by atoms with Crippen molar-refractivity contribution in [2.24, 2.45) is 11.1 Å². The number of benzene rings is 2. The Balaban J connectivity index is 0.00000225. The molecular formula is C21H29ClN2O. The SMILES string of the molecule is COc1ccccc1-c1ccc(CN2CCC(N)C(C)(C)C2)cc1.Cl. The van der Waals surface area contributed by atoms with Crippen molar-refractivity contribution in [2.45, 2.75) is 32.9 Å². The fraction of sp³-hybridized carbons (Fsp3) is 0.429. The molecule has 2 aromatic carbocycles. The maximum atomic E-state index is 6.24. The number of methoxy groups -OCH3 is 1. The number of halogens is 1. The predicted molar refractivity (Wildman–Crippen MR) is 107 cm³/mol. The molecule has 1 aliphatic heterocycles. The molecule has 2 aromatic rings. The summed E-state index contributed by atoms with van der Waals surface area (Å²) in [6.45, 7) is 7.67. The van der Waals surface area contributed by atoms with Crippen LogP contribution in [0.4, 0.5) is 0 Å². The number of hydrogen-bond acceptors (Lipinski definition) is 3. The summed E-state index contributed by atoms with van der Waals surface area (Å²) in [6.07, 6.45) is 1.08. The van der Waals surface area contributed by atoms with E-state index in [-0.39, 0.29) is 17.8 Å². The van der Waals surface area contributed by atoms with Crippen molar-refractivity contribution in [1.29, 1.82) is 0 Å². The lowest BCUT2D eigenvalue weighted by molar-refractivity contribution is 0.0899. The number of nitrogens with two attached hydrogens (primary N) is 1. The highest BCUT2D eigenvalue weighted by Crippen LogP contribution is 2.31. The lowest BCUT2D eigenvalue weighted by Crippen LogP contribution is -2.52. The Morgan fingerprint density at radius 1 is 1.12 bits per heavy atom. The number of ether oxygens (including phenoxy) is 1. The van der Waals surface area contributed by atoms with Crippen molar-refractivity contribution in [3.8, 4) is 16.9 Å². The fourth-order valence-electron chi connectivity index (χ4n) is 3.55. The molecule has 0 aromatic heterocycles. The van der Waals surface area contributed by atoms with E-state index < -0.39 is 0 Å². The number of rotatable bonds is 4. The highest BCUT2D eigenvalue weighted by Gasteiger charge is 2.33. The van der Waals surface area contributed by atoms with Gasteiger partial charge in [0.25, 0.3) is 0 Å². The molecular weight excluding hydrogens is 332 g/mol. The maximum Gasteiger partial charge on any atom is 0.126 e. The molecule has 1 aliphatic rings. The Bertz CT molecular complexity index is 685. The van der Waals surface area contributed by atoms with Crippen molar-refractivity contribution in [3.63, 3.8) is 0 Å². The van der Waals surface area contributed by atoms with Gasteiger partial charge in [0.2, 0.25) is 0 Å². The first-order chi connectivity index (χ1) is 11.5. The number of nitrogens with zero attached hydrogens (tertiary/aromatic N) is 1. The molecule has 25 heavy (non-hydrogen) atoms. The van der Waals surface area contributed by atoms with E-state index in [1.165, 1.54) is 11.1 Å². The zero-order valence-corrected chi connectivity index (χ0v) is 16.2. The third-order valence-corrected chi connectivity index (χ3v) is 5.17. The summed E-state index contributed by atoms with van der Waals surface area (Å²) in [5.41, 5.74) is 10.1. The van der Waals surface area contributed by atoms with E-state index in [1.807, 2.05) is 18.2 Å². The van der Waals surface area contributed by atoms with Crippen molar-refractivity contribution in [3.05, 3.63) is 54.1 Å². The van der Waals surface area contributed by atoms with E-state index in [1.54, 1.807) is 7.11 Å². The first kappa shape index (κ1) is 19.8. The van der Waals surface area contributed by atoms with E-state index in [2.05, 4.69) is 49.1 Å². The Labute approximate surface area is 157 Å². The molecule has 1 saturated heterocycles. The minimum absolute atomic E-state index is 0. The van der Waals surface area contributed by atoms with Crippen molar-refractivity contribution in [2.75, 3.05) is 20.2 Å².